The molecule has 0 saturated heterocycles. The van der Waals surface area contributed by atoms with E-state index in [-0.39, 0.29) is 18.6 Å². The number of para-hydroxylation sites is 1. The Morgan fingerprint density at radius 2 is 1.76 bits per heavy atom. The lowest BCUT2D eigenvalue weighted by atomic mass is 10.3. The predicted molar refractivity (Wildman–Crippen MR) is 81.4 cm³/mol. The number of ether oxygens (including phenoxy) is 1. The van der Waals surface area contributed by atoms with Gasteiger partial charge in [-0.25, -0.2) is 0 Å². The summed E-state index contributed by atoms with van der Waals surface area (Å²) >= 11 is 0. The molecule has 0 aliphatic carbocycles. The second-order valence-corrected chi connectivity index (χ2v) is 4.75. The molecule has 21 heavy (non-hydrogen) atoms. The number of aromatic nitrogens is 2. The van der Waals surface area contributed by atoms with Crippen LogP contribution in [0.5, 0.6) is 5.75 Å². The third-order valence-electron chi connectivity index (χ3n) is 2.48. The molecule has 2 N–H and O–H groups in total. The fourth-order valence-corrected chi connectivity index (χ4v) is 1.62. The molecule has 0 aliphatic rings. The van der Waals surface area contributed by atoms with Gasteiger partial charge < -0.3 is 15.4 Å². The van der Waals surface area contributed by atoms with Crippen LogP contribution in [0.2, 0.25) is 0 Å². The van der Waals surface area contributed by atoms with Crippen molar-refractivity contribution in [2.45, 2.75) is 19.9 Å². The van der Waals surface area contributed by atoms with E-state index in [0.29, 0.717) is 17.4 Å². The van der Waals surface area contributed by atoms with Crippen LogP contribution in [0.3, 0.4) is 0 Å². The van der Waals surface area contributed by atoms with E-state index in [4.69, 9.17) is 4.74 Å². The standard InChI is InChI=1S/C15H18N4O2/c1-11(2)16-13-8-9-14(19-18-13)17-15(20)10-21-12-6-4-3-5-7-12/h3-9,11H,10H2,1-2H3,(H,16,18)(H,17,19,20). The predicted octanol–water partition coefficient (Wildman–Crippen LogP) is 2.31. The molecule has 0 fully saturated rings. The van der Waals surface area contributed by atoms with Gasteiger partial charge in [-0.3, -0.25) is 4.79 Å². The van der Waals surface area contributed by atoms with Crippen LogP contribution >= 0.6 is 0 Å². The number of nitrogens with one attached hydrogen (secondary N) is 2. The van der Waals surface area contributed by atoms with E-state index in [9.17, 15) is 4.79 Å². The normalized spacial score (nSPS) is 10.2. The zero-order chi connectivity index (χ0) is 15.1. The highest BCUT2D eigenvalue weighted by molar-refractivity contribution is 5.90. The van der Waals surface area contributed by atoms with Crippen LogP contribution in [0.25, 0.3) is 0 Å². The highest BCUT2D eigenvalue weighted by Gasteiger charge is 2.05. The highest BCUT2D eigenvalue weighted by atomic mass is 16.5. The molecular formula is C15H18N4O2. The summed E-state index contributed by atoms with van der Waals surface area (Å²) in [5, 5.41) is 13.6. The number of hydrogen-bond donors (Lipinski definition) is 2. The quantitative estimate of drug-likeness (QED) is 0.852. The number of anilines is 2. The monoisotopic (exact) mass is 286 g/mol. The van der Waals surface area contributed by atoms with E-state index in [1.807, 2.05) is 32.0 Å². The Bertz CT molecular complexity index is 570. The van der Waals surface area contributed by atoms with Crippen LogP contribution in [0, 0.1) is 0 Å². The largest absolute Gasteiger partial charge is 0.484 e. The lowest BCUT2D eigenvalue weighted by Gasteiger charge is -2.09. The molecule has 6 nitrogen and oxygen atoms in total. The molecule has 0 atom stereocenters. The maximum Gasteiger partial charge on any atom is 0.263 e. The topological polar surface area (TPSA) is 76.1 Å². The molecule has 1 heterocycles. The van der Waals surface area contributed by atoms with Gasteiger partial charge in [-0.05, 0) is 38.1 Å². The van der Waals surface area contributed by atoms with E-state index in [2.05, 4.69) is 20.8 Å². The first-order chi connectivity index (χ1) is 10.1. The van der Waals surface area contributed by atoms with E-state index >= 15 is 0 Å². The zero-order valence-electron chi connectivity index (χ0n) is 12.0. The summed E-state index contributed by atoms with van der Waals surface area (Å²) in [7, 11) is 0. The van der Waals surface area contributed by atoms with Crippen LogP contribution in [0.4, 0.5) is 11.6 Å². The van der Waals surface area contributed by atoms with Crippen molar-refractivity contribution in [2.24, 2.45) is 0 Å². The van der Waals surface area contributed by atoms with Crippen LogP contribution in [-0.4, -0.2) is 28.8 Å². The highest BCUT2D eigenvalue weighted by Crippen LogP contribution is 2.09. The Kier molecular flexibility index (Phi) is 5.09. The molecule has 6 heteroatoms. The van der Waals surface area contributed by atoms with Gasteiger partial charge in [0.15, 0.2) is 12.4 Å². The lowest BCUT2D eigenvalue weighted by Crippen LogP contribution is -2.21. The number of hydrogen-bond acceptors (Lipinski definition) is 5. The number of amides is 1. The van der Waals surface area contributed by atoms with Gasteiger partial charge in [0.2, 0.25) is 0 Å². The molecule has 110 valence electrons. The van der Waals surface area contributed by atoms with Crippen LogP contribution in [0.15, 0.2) is 42.5 Å². The molecule has 0 aliphatic heterocycles. The molecule has 0 saturated carbocycles. The van der Waals surface area contributed by atoms with Crippen molar-refractivity contribution in [3.05, 3.63) is 42.5 Å². The lowest BCUT2D eigenvalue weighted by molar-refractivity contribution is -0.118. The maximum absolute atomic E-state index is 11.7. The molecule has 2 rings (SSSR count). The van der Waals surface area contributed by atoms with Crippen molar-refractivity contribution < 1.29 is 9.53 Å². The van der Waals surface area contributed by atoms with Crippen molar-refractivity contribution >= 4 is 17.5 Å². The number of rotatable bonds is 6. The van der Waals surface area contributed by atoms with E-state index < -0.39 is 0 Å². The Balaban J connectivity index is 1.82. The molecule has 1 aromatic carbocycles. The van der Waals surface area contributed by atoms with Crippen molar-refractivity contribution in [3.63, 3.8) is 0 Å². The third-order valence-corrected chi connectivity index (χ3v) is 2.48. The number of carbonyl (C=O) groups excluding carboxylic acids is 1. The van der Waals surface area contributed by atoms with E-state index in [0.717, 1.165) is 0 Å². The average Bonchev–Trinajstić information content (AvgIpc) is 2.48. The molecule has 1 amide bonds. The second-order valence-electron chi connectivity index (χ2n) is 4.75. The van der Waals surface area contributed by atoms with E-state index in [1.54, 1.807) is 24.3 Å². The minimum atomic E-state index is -0.280. The van der Waals surface area contributed by atoms with Crippen LogP contribution < -0.4 is 15.4 Å². The van der Waals surface area contributed by atoms with E-state index in [1.165, 1.54) is 0 Å². The summed E-state index contributed by atoms with van der Waals surface area (Å²) in [6.07, 6.45) is 0. The van der Waals surface area contributed by atoms with Crippen molar-refractivity contribution in [3.8, 4) is 5.75 Å². The first kappa shape index (κ1) is 14.8. The molecule has 0 bridgehead atoms. The van der Waals surface area contributed by atoms with Gasteiger partial charge in [0.05, 0.1) is 0 Å². The first-order valence-corrected chi connectivity index (χ1v) is 6.71. The van der Waals surface area contributed by atoms with Crippen molar-refractivity contribution in [1.82, 2.24) is 10.2 Å². The third kappa shape index (κ3) is 5.10. The minimum absolute atomic E-state index is 0.0717. The van der Waals surface area contributed by atoms with Gasteiger partial charge in [0, 0.05) is 6.04 Å². The fourth-order valence-electron chi connectivity index (χ4n) is 1.62. The SMILES string of the molecule is CC(C)Nc1ccc(NC(=O)COc2ccccc2)nn1. The van der Waals surface area contributed by atoms with Crippen LogP contribution in [0.1, 0.15) is 13.8 Å². The summed E-state index contributed by atoms with van der Waals surface area (Å²) in [4.78, 5) is 11.7. The summed E-state index contributed by atoms with van der Waals surface area (Å²) < 4.78 is 5.34. The van der Waals surface area contributed by atoms with Crippen molar-refractivity contribution in [1.29, 1.82) is 0 Å². The van der Waals surface area contributed by atoms with Crippen LogP contribution in [-0.2, 0) is 4.79 Å². The smallest absolute Gasteiger partial charge is 0.263 e. The minimum Gasteiger partial charge on any atom is -0.484 e. The maximum atomic E-state index is 11.7. The second kappa shape index (κ2) is 7.23. The summed E-state index contributed by atoms with van der Waals surface area (Å²) in [5.74, 6) is 1.43. The van der Waals surface area contributed by atoms with Gasteiger partial charge in [0.1, 0.15) is 11.6 Å². The summed E-state index contributed by atoms with van der Waals surface area (Å²) in [6, 6.07) is 12.9. The Morgan fingerprint density at radius 3 is 2.38 bits per heavy atom. The summed E-state index contributed by atoms with van der Waals surface area (Å²) in [5.41, 5.74) is 0. The fraction of sp³-hybridized carbons (Fsp3) is 0.267. The molecule has 0 unspecified atom stereocenters. The Morgan fingerprint density at radius 1 is 1.10 bits per heavy atom. The van der Waals surface area contributed by atoms with Gasteiger partial charge >= 0.3 is 0 Å². The number of benzene rings is 1. The number of carbonyl (C=O) groups is 1. The van der Waals surface area contributed by atoms with Gasteiger partial charge in [-0.2, -0.15) is 0 Å². The Hall–Kier alpha value is -2.63. The zero-order valence-corrected chi connectivity index (χ0v) is 12.0. The van der Waals surface area contributed by atoms with Gasteiger partial charge in [-0.15, -0.1) is 10.2 Å². The molecular weight excluding hydrogens is 268 g/mol. The first-order valence-electron chi connectivity index (χ1n) is 6.71. The van der Waals surface area contributed by atoms with Gasteiger partial charge in [-0.1, -0.05) is 18.2 Å². The molecule has 0 radical (unpaired) electrons. The average molecular weight is 286 g/mol. The molecule has 1 aromatic heterocycles. The van der Waals surface area contributed by atoms with Gasteiger partial charge in [0.25, 0.3) is 5.91 Å². The molecule has 0 spiro atoms. The van der Waals surface area contributed by atoms with Crippen molar-refractivity contribution in [2.75, 3.05) is 17.2 Å². The number of nitrogens with zero attached hydrogens (tertiary/aromatic N) is 2. The molecule has 2 aromatic rings. The summed E-state index contributed by atoms with van der Waals surface area (Å²) in [6.45, 7) is 3.95. The Labute approximate surface area is 123 Å².